The average molecular weight is 260 g/mol. The summed E-state index contributed by atoms with van der Waals surface area (Å²) in [5, 5.41) is 0. The van der Waals surface area contributed by atoms with Crippen LogP contribution in [0.2, 0.25) is 0 Å². The van der Waals surface area contributed by atoms with Crippen LogP contribution in [0.4, 0.5) is 0 Å². The van der Waals surface area contributed by atoms with E-state index in [2.05, 4.69) is 28.6 Å². The zero-order valence-corrected chi connectivity index (χ0v) is 12.5. The fraction of sp³-hybridized carbons (Fsp3) is 0.667. The third-order valence-electron chi connectivity index (χ3n) is 2.31. The number of ether oxygens (including phenoxy) is 2. The molecule has 0 aromatic heterocycles. The van der Waals surface area contributed by atoms with Gasteiger partial charge < -0.3 is 9.47 Å². The van der Waals surface area contributed by atoms with Crippen LogP contribution >= 0.6 is 0 Å². The maximum atomic E-state index is 5.80. The van der Waals surface area contributed by atoms with Gasteiger partial charge in [0.05, 0.1) is 13.2 Å². The molecule has 90 valence electrons. The number of rotatable bonds is 8. The van der Waals surface area contributed by atoms with Crippen LogP contribution in [0.3, 0.4) is 0 Å². The topological polar surface area (TPSA) is 18.5 Å². The van der Waals surface area contributed by atoms with Gasteiger partial charge in [0.2, 0.25) is 0 Å². The van der Waals surface area contributed by atoms with Gasteiger partial charge in [0, 0.05) is 6.08 Å². The molecule has 0 aliphatic carbocycles. The molecule has 16 heavy (non-hydrogen) atoms. The van der Waals surface area contributed by atoms with E-state index in [9.17, 15) is 0 Å². The van der Waals surface area contributed by atoms with Gasteiger partial charge in [0.25, 0.3) is 0 Å². The van der Waals surface area contributed by atoms with Gasteiger partial charge in [0.1, 0.15) is 10.2 Å². The SMILES string of the molecule is CCCCOC1=[C](OCCCC)[AlH][Cl+]C=C1. The number of unbranched alkanes of at least 4 members (excludes halogenated alkanes) is 2. The lowest BCUT2D eigenvalue weighted by Gasteiger charge is -2.12. The Morgan fingerprint density at radius 3 is 2.50 bits per heavy atom. The minimum absolute atomic E-state index is 0.380. The van der Waals surface area contributed by atoms with E-state index in [4.69, 9.17) is 9.47 Å². The molecule has 0 saturated carbocycles. The zero-order valence-electron chi connectivity index (χ0n) is 10.3. The minimum atomic E-state index is -0.380. The van der Waals surface area contributed by atoms with Gasteiger partial charge in [-0.25, -0.2) is 0 Å². The second-order valence-corrected chi connectivity index (χ2v) is 6.97. The van der Waals surface area contributed by atoms with Crippen molar-refractivity contribution >= 4 is 14.3 Å². The van der Waals surface area contributed by atoms with Crippen molar-refractivity contribution in [1.82, 2.24) is 0 Å². The maximum Gasteiger partial charge on any atom is 0.791 e. The Morgan fingerprint density at radius 2 is 1.81 bits per heavy atom. The molecule has 2 nitrogen and oxygen atoms in total. The molecule has 0 aromatic carbocycles. The molecule has 1 aliphatic rings. The predicted molar refractivity (Wildman–Crippen MR) is 65.0 cm³/mol. The monoisotopic (exact) mass is 259 g/mol. The second-order valence-electron chi connectivity index (χ2n) is 3.77. The molecule has 0 unspecified atom stereocenters. The Bertz CT molecular complexity index is 251. The summed E-state index contributed by atoms with van der Waals surface area (Å²) >= 11 is -0.380. The molecule has 0 radical (unpaired) electrons. The Balaban J connectivity index is 2.40. The lowest BCUT2D eigenvalue weighted by Crippen LogP contribution is -2.12. The minimum Gasteiger partial charge on any atom is -0.505 e. The lowest BCUT2D eigenvalue weighted by atomic mass is 10.3. The van der Waals surface area contributed by atoms with Crippen LogP contribution in [0, 0.1) is 9.24 Å². The molecule has 0 spiro atoms. The van der Waals surface area contributed by atoms with Gasteiger partial charge in [0.15, 0.2) is 5.76 Å². The molecule has 0 saturated heterocycles. The Morgan fingerprint density at radius 1 is 1.12 bits per heavy atom. The van der Waals surface area contributed by atoms with Crippen LogP contribution < -0.4 is 0 Å². The quantitative estimate of drug-likeness (QED) is 0.493. The van der Waals surface area contributed by atoms with Gasteiger partial charge >= 0.3 is 14.3 Å². The predicted octanol–water partition coefficient (Wildman–Crippen LogP) is 2.75. The molecule has 0 fully saturated rings. The molecule has 0 amide bonds. The van der Waals surface area contributed by atoms with Crippen molar-refractivity contribution in [3.05, 3.63) is 22.0 Å². The summed E-state index contributed by atoms with van der Waals surface area (Å²) in [6.07, 6.45) is 6.62. The van der Waals surface area contributed by atoms with E-state index in [1.54, 1.807) is 0 Å². The smallest absolute Gasteiger partial charge is 0.505 e. The van der Waals surface area contributed by atoms with E-state index in [0.717, 1.165) is 36.4 Å². The molecule has 1 rings (SSSR count). The highest BCUT2D eigenvalue weighted by atomic mass is 35.6. The fourth-order valence-electron chi connectivity index (χ4n) is 1.28. The molecular weight excluding hydrogens is 239 g/mol. The number of halogens is 1. The van der Waals surface area contributed by atoms with E-state index in [0.29, 0.717) is 0 Å². The van der Waals surface area contributed by atoms with Crippen LogP contribution in [0.25, 0.3) is 0 Å². The number of allylic oxidation sites excluding steroid dienone is 1. The van der Waals surface area contributed by atoms with Crippen LogP contribution in [0.5, 0.6) is 0 Å². The fourth-order valence-corrected chi connectivity index (χ4v) is 3.87. The summed E-state index contributed by atoms with van der Waals surface area (Å²) in [4.78, 5) is 0. The van der Waals surface area contributed by atoms with Gasteiger partial charge in [-0.2, -0.15) is 0 Å². The van der Waals surface area contributed by atoms with Gasteiger partial charge in [-0.05, 0) is 22.1 Å². The van der Waals surface area contributed by atoms with E-state index in [-0.39, 0.29) is 14.3 Å². The summed E-state index contributed by atoms with van der Waals surface area (Å²) in [5.74, 6) is 0.981. The van der Waals surface area contributed by atoms with E-state index in [1.807, 2.05) is 6.08 Å². The van der Waals surface area contributed by atoms with E-state index < -0.39 is 0 Å². The highest BCUT2D eigenvalue weighted by Gasteiger charge is 2.28. The van der Waals surface area contributed by atoms with Gasteiger partial charge in [-0.15, -0.1) is 0 Å². The van der Waals surface area contributed by atoms with Crippen LogP contribution in [0.15, 0.2) is 22.0 Å². The Labute approximate surface area is 108 Å². The first-order valence-corrected chi connectivity index (χ1v) is 9.39. The van der Waals surface area contributed by atoms with Crippen molar-refractivity contribution in [2.45, 2.75) is 39.5 Å². The van der Waals surface area contributed by atoms with Crippen molar-refractivity contribution in [3.63, 3.8) is 0 Å². The van der Waals surface area contributed by atoms with Crippen LogP contribution in [-0.2, 0) is 9.47 Å². The highest BCUT2D eigenvalue weighted by Crippen LogP contribution is 2.15. The van der Waals surface area contributed by atoms with E-state index in [1.165, 1.54) is 12.8 Å². The van der Waals surface area contributed by atoms with Crippen molar-refractivity contribution < 1.29 is 18.7 Å². The molecule has 1 aliphatic heterocycles. The number of hydrogen-bond acceptors (Lipinski definition) is 2. The van der Waals surface area contributed by atoms with Crippen LogP contribution in [-0.4, -0.2) is 27.5 Å². The Kier molecular flexibility index (Phi) is 7.84. The summed E-state index contributed by atoms with van der Waals surface area (Å²) in [6, 6.07) is 0. The first kappa shape index (κ1) is 14.0. The molecule has 0 bridgehead atoms. The summed E-state index contributed by atoms with van der Waals surface area (Å²) < 4.78 is 12.7. The first-order valence-electron chi connectivity index (χ1n) is 6.11. The van der Waals surface area contributed by atoms with Crippen molar-refractivity contribution in [1.29, 1.82) is 0 Å². The molecule has 1 heterocycles. The summed E-state index contributed by atoms with van der Waals surface area (Å²) in [7, 11) is 2.36. The average Bonchev–Trinajstić information content (AvgIpc) is 2.32. The normalized spacial score (nSPS) is 14.9. The molecule has 0 N–H and O–H groups in total. The second kappa shape index (κ2) is 8.99. The maximum absolute atomic E-state index is 5.80. The largest absolute Gasteiger partial charge is 0.791 e. The third kappa shape index (κ3) is 5.30. The zero-order chi connectivity index (χ0) is 11.6. The lowest BCUT2D eigenvalue weighted by molar-refractivity contribution is -0.435. The van der Waals surface area contributed by atoms with Gasteiger partial charge in [-0.3, -0.25) is 0 Å². The first-order chi connectivity index (χ1) is 7.88. The molecular formula is C12H21AlClO2+. The van der Waals surface area contributed by atoms with Crippen molar-refractivity contribution in [2.24, 2.45) is 0 Å². The summed E-state index contributed by atoms with van der Waals surface area (Å²) in [5.41, 5.74) is 2.08. The Hall–Kier alpha value is -0.0975. The van der Waals surface area contributed by atoms with Crippen molar-refractivity contribution in [2.75, 3.05) is 13.2 Å². The highest BCUT2D eigenvalue weighted by molar-refractivity contribution is 6.34. The van der Waals surface area contributed by atoms with Gasteiger partial charge in [-0.1, -0.05) is 26.7 Å². The number of hydrogen-bond donors (Lipinski definition) is 0. The summed E-state index contributed by atoms with van der Waals surface area (Å²) in [6.45, 7) is 6.00. The van der Waals surface area contributed by atoms with Crippen LogP contribution in [0.1, 0.15) is 39.5 Å². The molecule has 0 atom stereocenters. The van der Waals surface area contributed by atoms with E-state index >= 15 is 0 Å². The van der Waals surface area contributed by atoms with Crippen molar-refractivity contribution in [3.8, 4) is 0 Å². The molecule has 4 heteroatoms. The standard InChI is InChI=1S/C12H20ClO2.Al.H/c1-3-5-9-14-11-12(7-8-13)15-10-6-4-2;;/h7-8H,3-6,9-10H2,1-2H3;;/q;+1;. The third-order valence-corrected chi connectivity index (χ3v) is 5.29. The molecule has 0 aromatic rings.